The fourth-order valence-corrected chi connectivity index (χ4v) is 2.64. The first-order chi connectivity index (χ1) is 10.1. The first kappa shape index (κ1) is 16.2. The van der Waals surface area contributed by atoms with Gasteiger partial charge in [0.05, 0.1) is 16.8 Å². The first-order valence-corrected chi connectivity index (χ1v) is 7.65. The molecule has 0 spiro atoms. The summed E-state index contributed by atoms with van der Waals surface area (Å²) in [5, 5.41) is 4.45. The maximum atomic E-state index is 13.1. The molecule has 0 aliphatic rings. The highest BCUT2D eigenvalue weighted by Crippen LogP contribution is 2.27. The summed E-state index contributed by atoms with van der Waals surface area (Å²) in [4.78, 5) is 4.36. The number of rotatable bonds is 6. The minimum atomic E-state index is -0.335. The van der Waals surface area contributed by atoms with Crippen molar-refractivity contribution in [2.75, 3.05) is 6.54 Å². The van der Waals surface area contributed by atoms with E-state index in [0.717, 1.165) is 24.2 Å². The van der Waals surface area contributed by atoms with E-state index in [0.29, 0.717) is 16.5 Å². The van der Waals surface area contributed by atoms with Crippen molar-refractivity contribution in [3.05, 3.63) is 63.6 Å². The molecule has 21 heavy (non-hydrogen) atoms. The van der Waals surface area contributed by atoms with Crippen LogP contribution in [0.1, 0.15) is 30.6 Å². The van der Waals surface area contributed by atoms with Crippen molar-refractivity contribution < 1.29 is 4.39 Å². The van der Waals surface area contributed by atoms with Gasteiger partial charge in [-0.25, -0.2) is 4.39 Å². The molecule has 112 valence electrons. The zero-order valence-electron chi connectivity index (χ0n) is 11.7. The highest BCUT2D eigenvalue weighted by Gasteiger charge is 2.17. The summed E-state index contributed by atoms with van der Waals surface area (Å²) in [5.41, 5.74) is 1.65. The second-order valence-corrected chi connectivity index (χ2v) is 5.63. The number of halogens is 3. The lowest BCUT2D eigenvalue weighted by Crippen LogP contribution is -2.25. The largest absolute Gasteiger partial charge is 0.308 e. The van der Waals surface area contributed by atoms with Gasteiger partial charge in [-0.15, -0.1) is 0 Å². The van der Waals surface area contributed by atoms with E-state index in [1.165, 1.54) is 12.1 Å². The van der Waals surface area contributed by atoms with Crippen LogP contribution in [-0.4, -0.2) is 11.5 Å². The minimum absolute atomic E-state index is 0.0541. The van der Waals surface area contributed by atoms with E-state index >= 15 is 0 Å². The van der Waals surface area contributed by atoms with E-state index < -0.39 is 0 Å². The maximum Gasteiger partial charge on any atom is 0.124 e. The number of nitrogens with zero attached hydrogens (tertiary/aromatic N) is 1. The number of pyridine rings is 1. The van der Waals surface area contributed by atoms with Crippen LogP contribution >= 0.6 is 23.2 Å². The molecule has 2 nitrogen and oxygen atoms in total. The normalized spacial score (nSPS) is 12.4. The van der Waals surface area contributed by atoms with Gasteiger partial charge in [0.15, 0.2) is 0 Å². The standard InChI is InChI=1S/C16H17Cl2FN2/c1-2-7-20-15(16-13(17)4-3-8-21-16)9-11-5-6-12(19)10-14(11)18/h3-6,8,10,15,20H,2,7,9H2,1H3. The van der Waals surface area contributed by atoms with E-state index in [1.807, 2.05) is 6.07 Å². The van der Waals surface area contributed by atoms with Crippen molar-refractivity contribution in [3.8, 4) is 0 Å². The van der Waals surface area contributed by atoms with Gasteiger partial charge in [0.25, 0.3) is 0 Å². The Morgan fingerprint density at radius 2 is 2.05 bits per heavy atom. The molecule has 0 saturated heterocycles. The van der Waals surface area contributed by atoms with Gasteiger partial charge >= 0.3 is 0 Å². The summed E-state index contributed by atoms with van der Waals surface area (Å²) < 4.78 is 13.1. The molecule has 1 aromatic carbocycles. The smallest absolute Gasteiger partial charge is 0.124 e. The van der Waals surface area contributed by atoms with Gasteiger partial charge in [0.1, 0.15) is 5.82 Å². The van der Waals surface area contributed by atoms with Crippen molar-refractivity contribution in [2.24, 2.45) is 0 Å². The fourth-order valence-electron chi connectivity index (χ4n) is 2.15. The summed E-state index contributed by atoms with van der Waals surface area (Å²) in [6.07, 6.45) is 3.32. The number of hydrogen-bond donors (Lipinski definition) is 1. The monoisotopic (exact) mass is 326 g/mol. The molecule has 0 bridgehead atoms. The summed E-state index contributed by atoms with van der Waals surface area (Å²) in [5.74, 6) is -0.335. The molecule has 1 heterocycles. The Morgan fingerprint density at radius 1 is 1.24 bits per heavy atom. The minimum Gasteiger partial charge on any atom is -0.308 e. The molecule has 0 radical (unpaired) electrons. The number of nitrogens with one attached hydrogen (secondary N) is 1. The quantitative estimate of drug-likeness (QED) is 0.823. The predicted octanol–water partition coefficient (Wildman–Crippen LogP) is 4.81. The topological polar surface area (TPSA) is 24.9 Å². The molecule has 2 aromatic rings. The summed E-state index contributed by atoms with van der Waals surface area (Å²) in [7, 11) is 0. The molecule has 0 aliphatic carbocycles. The molecule has 1 unspecified atom stereocenters. The van der Waals surface area contributed by atoms with Crippen LogP contribution < -0.4 is 5.32 Å². The second kappa shape index (κ2) is 7.74. The SMILES string of the molecule is CCCNC(Cc1ccc(F)cc1Cl)c1ncccc1Cl. The zero-order valence-corrected chi connectivity index (χ0v) is 13.3. The average molecular weight is 327 g/mol. The van der Waals surface area contributed by atoms with Gasteiger partial charge in [0.2, 0.25) is 0 Å². The van der Waals surface area contributed by atoms with Gasteiger partial charge in [-0.3, -0.25) is 4.98 Å². The molecule has 2 rings (SSSR count). The lowest BCUT2D eigenvalue weighted by Gasteiger charge is -2.19. The summed E-state index contributed by atoms with van der Waals surface area (Å²) in [6, 6.07) is 8.01. The third-order valence-corrected chi connectivity index (χ3v) is 3.87. The van der Waals surface area contributed by atoms with Crippen LogP contribution in [0.5, 0.6) is 0 Å². The fraction of sp³-hybridized carbons (Fsp3) is 0.312. The molecule has 1 atom stereocenters. The molecule has 1 aromatic heterocycles. The van der Waals surface area contributed by atoms with Crippen molar-refractivity contribution in [1.82, 2.24) is 10.3 Å². The van der Waals surface area contributed by atoms with Gasteiger partial charge < -0.3 is 5.32 Å². The van der Waals surface area contributed by atoms with Crippen LogP contribution in [0.25, 0.3) is 0 Å². The lowest BCUT2D eigenvalue weighted by molar-refractivity contribution is 0.517. The van der Waals surface area contributed by atoms with Crippen LogP contribution in [0.2, 0.25) is 10.0 Å². The van der Waals surface area contributed by atoms with Gasteiger partial charge in [-0.2, -0.15) is 0 Å². The van der Waals surface area contributed by atoms with Crippen molar-refractivity contribution >= 4 is 23.2 Å². The van der Waals surface area contributed by atoms with Crippen molar-refractivity contribution in [1.29, 1.82) is 0 Å². The van der Waals surface area contributed by atoms with Crippen LogP contribution in [0.4, 0.5) is 4.39 Å². The first-order valence-electron chi connectivity index (χ1n) is 6.89. The molecular formula is C16H17Cl2FN2. The number of benzene rings is 1. The Kier molecular flexibility index (Phi) is 5.97. The zero-order chi connectivity index (χ0) is 15.2. The Bertz CT molecular complexity index is 605. The Balaban J connectivity index is 2.26. The van der Waals surface area contributed by atoms with Crippen molar-refractivity contribution in [2.45, 2.75) is 25.8 Å². The molecule has 0 amide bonds. The Labute approximate surface area is 134 Å². The number of hydrogen-bond acceptors (Lipinski definition) is 2. The van der Waals surface area contributed by atoms with E-state index in [2.05, 4.69) is 17.2 Å². The summed E-state index contributed by atoms with van der Waals surface area (Å²) >= 11 is 12.3. The third-order valence-electron chi connectivity index (χ3n) is 3.20. The molecule has 1 N–H and O–H groups in total. The van der Waals surface area contributed by atoms with E-state index in [9.17, 15) is 4.39 Å². The highest BCUT2D eigenvalue weighted by molar-refractivity contribution is 6.31. The van der Waals surface area contributed by atoms with Crippen LogP contribution in [0.15, 0.2) is 36.5 Å². The van der Waals surface area contributed by atoms with Gasteiger partial charge in [-0.1, -0.05) is 36.2 Å². The summed E-state index contributed by atoms with van der Waals surface area (Å²) in [6.45, 7) is 2.94. The lowest BCUT2D eigenvalue weighted by atomic mass is 10.0. The molecule has 5 heteroatoms. The number of aromatic nitrogens is 1. The van der Waals surface area contributed by atoms with Gasteiger partial charge in [0, 0.05) is 11.2 Å². The third kappa shape index (κ3) is 4.40. The van der Waals surface area contributed by atoms with Gasteiger partial charge in [-0.05, 0) is 49.2 Å². The maximum absolute atomic E-state index is 13.1. The highest BCUT2D eigenvalue weighted by atomic mass is 35.5. The Morgan fingerprint density at radius 3 is 2.71 bits per heavy atom. The van der Waals surface area contributed by atoms with E-state index in [1.54, 1.807) is 18.3 Å². The van der Waals surface area contributed by atoms with Crippen molar-refractivity contribution in [3.63, 3.8) is 0 Å². The van der Waals surface area contributed by atoms with Crippen LogP contribution in [-0.2, 0) is 6.42 Å². The molecule has 0 saturated carbocycles. The van der Waals surface area contributed by atoms with E-state index in [-0.39, 0.29) is 11.9 Å². The molecular weight excluding hydrogens is 310 g/mol. The van der Waals surface area contributed by atoms with Crippen LogP contribution in [0, 0.1) is 5.82 Å². The van der Waals surface area contributed by atoms with Crippen LogP contribution in [0.3, 0.4) is 0 Å². The second-order valence-electron chi connectivity index (χ2n) is 4.82. The molecule has 0 fully saturated rings. The predicted molar refractivity (Wildman–Crippen MR) is 85.4 cm³/mol. The Hall–Kier alpha value is -1.16. The molecule has 0 aliphatic heterocycles. The van der Waals surface area contributed by atoms with E-state index in [4.69, 9.17) is 23.2 Å². The average Bonchev–Trinajstić information content (AvgIpc) is 2.46.